The van der Waals surface area contributed by atoms with Crippen LogP contribution in [-0.2, 0) is 22.2 Å². The van der Waals surface area contributed by atoms with Crippen molar-refractivity contribution in [1.82, 2.24) is 16.0 Å². The fourth-order valence-corrected chi connectivity index (χ4v) is 4.79. The summed E-state index contributed by atoms with van der Waals surface area (Å²) in [5, 5.41) is 12.6. The van der Waals surface area contributed by atoms with Gasteiger partial charge in [0.1, 0.15) is 11.6 Å². The zero-order valence-corrected chi connectivity index (χ0v) is 20.0. The van der Waals surface area contributed by atoms with Gasteiger partial charge in [-0.2, -0.15) is 13.2 Å². The van der Waals surface area contributed by atoms with Crippen LogP contribution in [0, 0.1) is 11.7 Å². The lowest BCUT2D eigenvalue weighted by molar-refractivity contribution is -0.137. The van der Waals surface area contributed by atoms with Gasteiger partial charge in [0.25, 0.3) is 0 Å². The van der Waals surface area contributed by atoms with Gasteiger partial charge in [-0.15, -0.1) is 0 Å². The predicted octanol–water partition coefficient (Wildman–Crippen LogP) is 4.21. The molecule has 1 fully saturated rings. The molecule has 194 valence electrons. The van der Waals surface area contributed by atoms with Crippen LogP contribution in [0.4, 0.5) is 23.2 Å². The van der Waals surface area contributed by atoms with E-state index in [1.165, 1.54) is 36.0 Å². The van der Waals surface area contributed by atoms with Crippen molar-refractivity contribution in [2.45, 2.75) is 37.2 Å². The molecule has 0 spiro atoms. The number of dihydropyridines is 1. The molecule has 2 atom stereocenters. The maximum Gasteiger partial charge on any atom is 0.416 e. The molecule has 7 nitrogen and oxygen atoms in total. The standard InChI is InChI=1S/C25H22F4N4O3S/c26-17-8-7-16(12-19(17)30-20(34)11-13-1-5-15(6-2-13)25(27,28)29)36-21-10-9-18-23(32-21)37-24(31-18)33-22(35)14-3-4-14/h1-2,5-10,12,14,21,24,31-32H,3-4,11H2,(H,30,34)(H,33,35). The first-order valence-corrected chi connectivity index (χ1v) is 12.4. The Kier molecular flexibility index (Phi) is 6.76. The summed E-state index contributed by atoms with van der Waals surface area (Å²) >= 11 is 1.41. The van der Waals surface area contributed by atoms with Crippen molar-refractivity contribution in [3.63, 3.8) is 0 Å². The Balaban J connectivity index is 1.15. The highest BCUT2D eigenvalue weighted by Crippen LogP contribution is 2.34. The fraction of sp³-hybridized carbons (Fsp3) is 0.280. The number of benzene rings is 2. The van der Waals surface area contributed by atoms with E-state index in [9.17, 15) is 27.2 Å². The van der Waals surface area contributed by atoms with E-state index in [0.717, 1.165) is 41.8 Å². The van der Waals surface area contributed by atoms with Crippen LogP contribution in [0.2, 0.25) is 0 Å². The number of halogens is 4. The number of hydrogen-bond acceptors (Lipinski definition) is 6. The van der Waals surface area contributed by atoms with Gasteiger partial charge in [0.05, 0.1) is 28.4 Å². The third kappa shape index (κ3) is 6.19. The number of allylic oxidation sites excluding steroid dienone is 1. The van der Waals surface area contributed by atoms with Crippen LogP contribution in [0.3, 0.4) is 0 Å². The van der Waals surface area contributed by atoms with Crippen LogP contribution in [0.5, 0.6) is 5.75 Å². The molecule has 12 heteroatoms. The molecule has 2 aromatic rings. The average molecular weight is 535 g/mol. The Labute approximate surface area is 213 Å². The summed E-state index contributed by atoms with van der Waals surface area (Å²) in [7, 11) is 0. The zero-order valence-electron chi connectivity index (χ0n) is 19.2. The van der Waals surface area contributed by atoms with Gasteiger partial charge in [0.15, 0.2) is 11.7 Å². The van der Waals surface area contributed by atoms with E-state index >= 15 is 0 Å². The van der Waals surface area contributed by atoms with Crippen LogP contribution in [0.1, 0.15) is 24.0 Å². The Hall–Kier alpha value is -3.67. The molecular weight excluding hydrogens is 512 g/mol. The molecular formula is C25H22F4N4O3S. The summed E-state index contributed by atoms with van der Waals surface area (Å²) in [6, 6.07) is 8.10. The third-order valence-corrected chi connectivity index (χ3v) is 6.87. The molecule has 1 saturated carbocycles. The van der Waals surface area contributed by atoms with Crippen molar-refractivity contribution in [2.75, 3.05) is 5.32 Å². The molecule has 2 aromatic carbocycles. The van der Waals surface area contributed by atoms with Crippen molar-refractivity contribution in [1.29, 1.82) is 0 Å². The number of ether oxygens (including phenoxy) is 1. The van der Waals surface area contributed by atoms with Gasteiger partial charge in [-0.05, 0) is 54.8 Å². The fourth-order valence-electron chi connectivity index (χ4n) is 3.75. The maximum absolute atomic E-state index is 14.3. The molecule has 37 heavy (non-hydrogen) atoms. The lowest BCUT2D eigenvalue weighted by Gasteiger charge is -2.22. The van der Waals surface area contributed by atoms with E-state index in [1.807, 2.05) is 6.08 Å². The van der Waals surface area contributed by atoms with Gasteiger partial charge in [-0.3, -0.25) is 9.59 Å². The van der Waals surface area contributed by atoms with E-state index < -0.39 is 29.7 Å². The van der Waals surface area contributed by atoms with Crippen LogP contribution >= 0.6 is 11.8 Å². The summed E-state index contributed by atoms with van der Waals surface area (Å²) in [5.41, 5.74) is -0.0409. The average Bonchev–Trinajstić information content (AvgIpc) is 3.62. The molecule has 0 bridgehead atoms. The molecule has 4 N–H and O–H groups in total. The van der Waals surface area contributed by atoms with E-state index in [2.05, 4.69) is 21.3 Å². The van der Waals surface area contributed by atoms with E-state index in [1.54, 1.807) is 6.08 Å². The highest BCUT2D eigenvalue weighted by molar-refractivity contribution is 8.03. The number of amides is 2. The first-order chi connectivity index (χ1) is 17.6. The minimum atomic E-state index is -4.47. The van der Waals surface area contributed by atoms with Gasteiger partial charge >= 0.3 is 6.18 Å². The number of alkyl halides is 3. The highest BCUT2D eigenvalue weighted by Gasteiger charge is 2.34. The largest absolute Gasteiger partial charge is 0.467 e. The maximum atomic E-state index is 14.3. The number of carbonyl (C=O) groups excluding carboxylic acids is 2. The Morgan fingerprint density at radius 2 is 1.84 bits per heavy atom. The van der Waals surface area contributed by atoms with Gasteiger partial charge < -0.3 is 26.0 Å². The molecule has 2 heterocycles. The topological polar surface area (TPSA) is 91.5 Å². The first-order valence-electron chi connectivity index (χ1n) is 11.5. The summed E-state index contributed by atoms with van der Waals surface area (Å²) in [6.45, 7) is 0. The van der Waals surface area contributed by atoms with Crippen LogP contribution < -0.4 is 26.0 Å². The number of carbonyl (C=O) groups is 2. The summed E-state index contributed by atoms with van der Waals surface area (Å²) in [5.74, 6) is -0.861. The number of anilines is 1. The predicted molar refractivity (Wildman–Crippen MR) is 129 cm³/mol. The summed E-state index contributed by atoms with van der Waals surface area (Å²) < 4.78 is 58.4. The zero-order chi connectivity index (χ0) is 26.2. The highest BCUT2D eigenvalue weighted by atomic mass is 32.2. The van der Waals surface area contributed by atoms with Crippen LogP contribution in [-0.4, -0.2) is 23.5 Å². The molecule has 3 aliphatic rings. The Morgan fingerprint density at radius 3 is 2.54 bits per heavy atom. The summed E-state index contributed by atoms with van der Waals surface area (Å²) in [4.78, 5) is 24.4. The minimum Gasteiger partial charge on any atom is -0.467 e. The number of hydrogen-bond donors (Lipinski definition) is 4. The molecule has 5 rings (SSSR count). The second-order valence-corrected chi connectivity index (χ2v) is 9.89. The Morgan fingerprint density at radius 1 is 1.08 bits per heavy atom. The van der Waals surface area contributed by atoms with Crippen molar-refractivity contribution in [2.24, 2.45) is 5.92 Å². The molecule has 2 unspecified atom stereocenters. The second-order valence-electron chi connectivity index (χ2n) is 8.77. The van der Waals surface area contributed by atoms with E-state index in [4.69, 9.17) is 4.74 Å². The van der Waals surface area contributed by atoms with Crippen molar-refractivity contribution < 1.29 is 31.9 Å². The quantitative estimate of drug-likeness (QED) is 0.398. The Bertz CT molecular complexity index is 1280. The molecule has 0 aromatic heterocycles. The lowest BCUT2D eigenvalue weighted by atomic mass is 10.1. The van der Waals surface area contributed by atoms with Crippen LogP contribution in [0.25, 0.3) is 0 Å². The molecule has 2 amide bonds. The van der Waals surface area contributed by atoms with Gasteiger partial charge in [-0.1, -0.05) is 23.9 Å². The van der Waals surface area contributed by atoms with Crippen molar-refractivity contribution in [3.05, 3.63) is 82.3 Å². The van der Waals surface area contributed by atoms with Crippen molar-refractivity contribution >= 4 is 29.3 Å². The van der Waals surface area contributed by atoms with E-state index in [0.29, 0.717) is 5.56 Å². The SMILES string of the molecule is O=C(Cc1ccc(C(F)(F)F)cc1)Nc1cc(OC2C=CC3=C(N2)SC(NC(=O)C2CC2)N3)ccc1F. The normalized spacial score (nSPS) is 20.5. The smallest absolute Gasteiger partial charge is 0.416 e. The molecule has 2 aliphatic heterocycles. The van der Waals surface area contributed by atoms with Gasteiger partial charge in [-0.25, -0.2) is 4.39 Å². The summed E-state index contributed by atoms with van der Waals surface area (Å²) in [6.07, 6.45) is 0.138. The molecule has 0 saturated heterocycles. The second kappa shape index (κ2) is 10.0. The molecule has 0 radical (unpaired) electrons. The van der Waals surface area contributed by atoms with Gasteiger partial charge in [0.2, 0.25) is 11.8 Å². The third-order valence-electron chi connectivity index (χ3n) is 5.82. The number of thioether (sulfide) groups is 1. The lowest BCUT2D eigenvalue weighted by Crippen LogP contribution is -2.40. The van der Waals surface area contributed by atoms with Crippen molar-refractivity contribution in [3.8, 4) is 5.75 Å². The first kappa shape index (κ1) is 25.0. The minimum absolute atomic E-state index is 0.0286. The number of rotatable bonds is 7. The van der Waals surface area contributed by atoms with Crippen LogP contribution in [0.15, 0.2) is 65.3 Å². The molecule has 1 aliphatic carbocycles. The monoisotopic (exact) mass is 534 g/mol. The van der Waals surface area contributed by atoms with Gasteiger partial charge in [0, 0.05) is 12.0 Å². The van der Waals surface area contributed by atoms with E-state index in [-0.39, 0.29) is 35.2 Å². The number of nitrogens with one attached hydrogen (secondary N) is 4.